The van der Waals surface area contributed by atoms with Gasteiger partial charge in [-0.1, -0.05) is 29.8 Å². The quantitative estimate of drug-likeness (QED) is 0.770. The van der Waals surface area contributed by atoms with Gasteiger partial charge in [0, 0.05) is 21.7 Å². The van der Waals surface area contributed by atoms with Crippen molar-refractivity contribution in [1.29, 1.82) is 0 Å². The van der Waals surface area contributed by atoms with Crippen LogP contribution in [0.4, 0.5) is 0 Å². The summed E-state index contributed by atoms with van der Waals surface area (Å²) in [4.78, 5) is 10.8. The van der Waals surface area contributed by atoms with Crippen LogP contribution >= 0.6 is 11.6 Å². The van der Waals surface area contributed by atoms with Crippen LogP contribution < -0.4 is 4.74 Å². The first kappa shape index (κ1) is 11.7. The Balaban J connectivity index is 2.64. The predicted octanol–water partition coefficient (Wildman–Crippen LogP) is 3.83. The predicted molar refractivity (Wildman–Crippen MR) is 68.8 cm³/mol. The molecule has 0 fully saturated rings. The fourth-order valence-electron chi connectivity index (χ4n) is 1.69. The van der Waals surface area contributed by atoms with Gasteiger partial charge < -0.3 is 4.74 Å². The maximum absolute atomic E-state index is 10.8. The summed E-state index contributed by atoms with van der Waals surface area (Å²) < 4.78 is 5.28. The van der Waals surface area contributed by atoms with E-state index in [1.54, 1.807) is 25.3 Å². The molecule has 0 aliphatic heterocycles. The standard InChI is InChI=1S/C14H11ClO2/c1-17-14-7-6-10(9-16)8-12(14)11-4-2-3-5-13(11)15/h2-9H,1H3. The fraction of sp³-hybridized carbons (Fsp3) is 0.0714. The lowest BCUT2D eigenvalue weighted by molar-refractivity contribution is 0.112. The molecule has 0 N–H and O–H groups in total. The summed E-state index contributed by atoms with van der Waals surface area (Å²) in [6.07, 6.45) is 0.805. The van der Waals surface area contributed by atoms with Crippen LogP contribution in [0.5, 0.6) is 5.75 Å². The summed E-state index contributed by atoms with van der Waals surface area (Å²) >= 11 is 6.14. The maximum Gasteiger partial charge on any atom is 0.150 e. The summed E-state index contributed by atoms with van der Waals surface area (Å²) in [6, 6.07) is 12.7. The van der Waals surface area contributed by atoms with E-state index in [2.05, 4.69) is 0 Å². The number of rotatable bonds is 3. The second-order valence-electron chi connectivity index (χ2n) is 3.56. The van der Waals surface area contributed by atoms with Gasteiger partial charge in [-0.05, 0) is 24.3 Å². The molecule has 0 aliphatic carbocycles. The molecule has 2 rings (SSSR count). The minimum atomic E-state index is 0.598. The number of carbonyl (C=O) groups excluding carboxylic acids is 1. The minimum absolute atomic E-state index is 0.598. The first-order valence-electron chi connectivity index (χ1n) is 5.14. The van der Waals surface area contributed by atoms with Gasteiger partial charge in [0.2, 0.25) is 0 Å². The summed E-state index contributed by atoms with van der Waals surface area (Å²) in [5, 5.41) is 0.633. The minimum Gasteiger partial charge on any atom is -0.496 e. The lowest BCUT2D eigenvalue weighted by Crippen LogP contribution is -1.90. The van der Waals surface area contributed by atoms with Crippen LogP contribution in [0.25, 0.3) is 11.1 Å². The smallest absolute Gasteiger partial charge is 0.150 e. The summed E-state index contributed by atoms with van der Waals surface area (Å²) in [7, 11) is 1.59. The largest absolute Gasteiger partial charge is 0.496 e. The number of hydrogen-bond acceptors (Lipinski definition) is 2. The lowest BCUT2D eigenvalue weighted by Gasteiger charge is -2.10. The van der Waals surface area contributed by atoms with Crippen molar-refractivity contribution in [3.63, 3.8) is 0 Å². The molecule has 2 aromatic rings. The highest BCUT2D eigenvalue weighted by atomic mass is 35.5. The van der Waals surface area contributed by atoms with Crippen molar-refractivity contribution < 1.29 is 9.53 Å². The number of aldehydes is 1. The number of carbonyl (C=O) groups is 1. The van der Waals surface area contributed by atoms with Crippen LogP contribution in [0.15, 0.2) is 42.5 Å². The zero-order valence-electron chi connectivity index (χ0n) is 9.31. The molecule has 2 aromatic carbocycles. The summed E-state index contributed by atoms with van der Waals surface area (Å²) in [5.74, 6) is 0.698. The molecular weight excluding hydrogens is 236 g/mol. The Morgan fingerprint density at radius 1 is 1.12 bits per heavy atom. The highest BCUT2D eigenvalue weighted by Gasteiger charge is 2.09. The molecule has 0 saturated carbocycles. The fourth-order valence-corrected chi connectivity index (χ4v) is 1.93. The normalized spacial score (nSPS) is 10.0. The van der Waals surface area contributed by atoms with Crippen molar-refractivity contribution in [2.24, 2.45) is 0 Å². The highest BCUT2D eigenvalue weighted by Crippen LogP contribution is 2.34. The van der Waals surface area contributed by atoms with Crippen molar-refractivity contribution in [3.05, 3.63) is 53.1 Å². The molecule has 0 bridgehead atoms. The SMILES string of the molecule is COc1ccc(C=O)cc1-c1ccccc1Cl. The summed E-state index contributed by atoms with van der Waals surface area (Å²) in [5.41, 5.74) is 2.28. The molecule has 0 amide bonds. The van der Waals surface area contributed by atoms with Gasteiger partial charge in [0.25, 0.3) is 0 Å². The average Bonchev–Trinajstić information content (AvgIpc) is 2.38. The molecule has 0 unspecified atom stereocenters. The van der Waals surface area contributed by atoms with E-state index >= 15 is 0 Å². The highest BCUT2D eigenvalue weighted by molar-refractivity contribution is 6.33. The van der Waals surface area contributed by atoms with Crippen molar-refractivity contribution in [3.8, 4) is 16.9 Å². The van der Waals surface area contributed by atoms with E-state index in [1.165, 1.54) is 0 Å². The van der Waals surface area contributed by atoms with Crippen LogP contribution in [0.3, 0.4) is 0 Å². The molecule has 0 saturated heterocycles. The van der Waals surface area contributed by atoms with Crippen molar-refractivity contribution in [2.45, 2.75) is 0 Å². The Labute approximate surface area is 105 Å². The Bertz CT molecular complexity index is 550. The first-order chi connectivity index (χ1) is 8.26. The third-order valence-electron chi connectivity index (χ3n) is 2.52. The van der Waals surface area contributed by atoms with E-state index in [4.69, 9.17) is 16.3 Å². The van der Waals surface area contributed by atoms with Crippen LogP contribution in [-0.2, 0) is 0 Å². The Hall–Kier alpha value is -1.80. The van der Waals surface area contributed by atoms with Crippen LogP contribution in [0.2, 0.25) is 5.02 Å². The van der Waals surface area contributed by atoms with Crippen molar-refractivity contribution in [2.75, 3.05) is 7.11 Å². The molecule has 0 heterocycles. The van der Waals surface area contributed by atoms with Crippen molar-refractivity contribution in [1.82, 2.24) is 0 Å². The molecule has 3 heteroatoms. The molecule has 0 atom stereocenters. The molecule has 17 heavy (non-hydrogen) atoms. The van der Waals surface area contributed by atoms with Crippen molar-refractivity contribution >= 4 is 17.9 Å². The third kappa shape index (κ3) is 2.32. The van der Waals surface area contributed by atoms with E-state index < -0.39 is 0 Å². The van der Waals surface area contributed by atoms with Crippen LogP contribution in [0.1, 0.15) is 10.4 Å². The van der Waals surface area contributed by atoms with Gasteiger partial charge in [0.15, 0.2) is 0 Å². The molecule has 86 valence electrons. The van der Waals surface area contributed by atoms with Gasteiger partial charge in [-0.15, -0.1) is 0 Å². The van der Waals surface area contributed by atoms with Crippen LogP contribution in [0, 0.1) is 0 Å². The summed E-state index contributed by atoms with van der Waals surface area (Å²) in [6.45, 7) is 0. The Morgan fingerprint density at radius 2 is 1.88 bits per heavy atom. The number of ether oxygens (including phenoxy) is 1. The molecule has 0 aliphatic rings. The van der Waals surface area contributed by atoms with E-state index in [9.17, 15) is 4.79 Å². The van der Waals surface area contributed by atoms with Gasteiger partial charge in [-0.25, -0.2) is 0 Å². The van der Waals surface area contributed by atoms with Crippen LogP contribution in [-0.4, -0.2) is 13.4 Å². The maximum atomic E-state index is 10.8. The third-order valence-corrected chi connectivity index (χ3v) is 2.85. The van der Waals surface area contributed by atoms with E-state index in [0.717, 1.165) is 17.4 Å². The Kier molecular flexibility index (Phi) is 3.45. The second kappa shape index (κ2) is 5.02. The zero-order chi connectivity index (χ0) is 12.3. The molecule has 0 radical (unpaired) electrons. The van der Waals surface area contributed by atoms with Gasteiger partial charge in [0.05, 0.1) is 7.11 Å². The Morgan fingerprint density at radius 3 is 2.53 bits per heavy atom. The van der Waals surface area contributed by atoms with E-state index in [-0.39, 0.29) is 0 Å². The zero-order valence-corrected chi connectivity index (χ0v) is 10.1. The topological polar surface area (TPSA) is 26.3 Å². The van der Waals surface area contributed by atoms with Gasteiger partial charge in [-0.3, -0.25) is 4.79 Å². The van der Waals surface area contributed by atoms with E-state index in [0.29, 0.717) is 16.3 Å². The number of benzene rings is 2. The second-order valence-corrected chi connectivity index (χ2v) is 3.96. The molecular formula is C14H11ClO2. The number of hydrogen-bond donors (Lipinski definition) is 0. The van der Waals surface area contributed by atoms with Gasteiger partial charge in [0.1, 0.15) is 12.0 Å². The number of halogens is 1. The van der Waals surface area contributed by atoms with Gasteiger partial charge in [-0.2, -0.15) is 0 Å². The monoisotopic (exact) mass is 246 g/mol. The number of methoxy groups -OCH3 is 1. The first-order valence-corrected chi connectivity index (χ1v) is 5.52. The molecule has 0 spiro atoms. The average molecular weight is 247 g/mol. The van der Waals surface area contributed by atoms with Gasteiger partial charge >= 0.3 is 0 Å². The lowest BCUT2D eigenvalue weighted by atomic mass is 10.0. The van der Waals surface area contributed by atoms with E-state index in [1.807, 2.05) is 24.3 Å². The molecule has 0 aromatic heterocycles. The molecule has 2 nitrogen and oxygen atoms in total.